The minimum Gasteiger partial charge on any atom is -0.481 e. The van der Waals surface area contributed by atoms with Gasteiger partial charge in [-0.3, -0.25) is 19.2 Å². The van der Waals surface area contributed by atoms with Gasteiger partial charge in [0.2, 0.25) is 6.10 Å². The number of rotatable bonds is 11. The lowest BCUT2D eigenvalue weighted by Crippen LogP contribution is -2.81. The van der Waals surface area contributed by atoms with Crippen molar-refractivity contribution in [3.63, 3.8) is 0 Å². The Morgan fingerprint density at radius 2 is 1.67 bits per heavy atom. The van der Waals surface area contributed by atoms with Crippen molar-refractivity contribution in [2.24, 2.45) is 16.7 Å². The molecule has 1 amide bonds. The molecule has 0 aromatic heterocycles. The summed E-state index contributed by atoms with van der Waals surface area (Å²) in [7, 11) is 0. The Bertz CT molecular complexity index is 1840. The number of Topliss-reactive ketones (excluding diaryl/α,β-unsaturated/α-hetero) is 1. The maximum atomic E-state index is 14.6. The standard InChI is InChI=1S/C40H53NO16S/c1-19-22(54-34(50)30(55-26(46)17-58-16-25(44)45)28(21-12-10-9-11-13-21)41-35(51)57-36(3,4)5)15-40(52)33(49)31-38(8,32(48)29(47)27(19)37(40,6)7)23(43)14-24-39(31,18-53-24)56-20(2)42/h9-13,22-24,28-31,33,43,47,49,52H,14-18H2,1-8H3,(H,41,51)(H,44,45)/t22-,23-,24+,28-,29+,30+,31-,33-,38+,39-,40+/m0/s1. The lowest BCUT2D eigenvalue weighted by atomic mass is 9.44. The minimum absolute atomic E-state index is 0.103. The first-order valence-electron chi connectivity index (χ1n) is 18.9. The highest BCUT2D eigenvalue weighted by atomic mass is 32.2. The second-order valence-electron chi connectivity index (χ2n) is 17.2. The van der Waals surface area contributed by atoms with Crippen molar-refractivity contribution in [2.75, 3.05) is 18.1 Å². The summed E-state index contributed by atoms with van der Waals surface area (Å²) >= 11 is 0.697. The number of carbonyl (C=O) groups excluding carboxylic acids is 5. The summed E-state index contributed by atoms with van der Waals surface area (Å²) in [5.41, 5.74) is -8.40. The zero-order valence-electron chi connectivity index (χ0n) is 33.7. The second-order valence-corrected chi connectivity index (χ2v) is 18.2. The highest BCUT2D eigenvalue weighted by Crippen LogP contribution is 2.63. The number of benzene rings is 1. The summed E-state index contributed by atoms with van der Waals surface area (Å²) in [5.74, 6) is -7.72. The van der Waals surface area contributed by atoms with Crippen LogP contribution in [0, 0.1) is 16.7 Å². The monoisotopic (exact) mass is 835 g/mol. The van der Waals surface area contributed by atoms with Gasteiger partial charge in [0, 0.05) is 31.1 Å². The average Bonchev–Trinajstić information content (AvgIpc) is 3.11. The number of aliphatic hydroxyl groups excluding tert-OH is 3. The maximum absolute atomic E-state index is 14.6. The summed E-state index contributed by atoms with van der Waals surface area (Å²) in [5, 5.41) is 60.6. The van der Waals surface area contributed by atoms with Gasteiger partial charge in [-0.1, -0.05) is 44.2 Å². The van der Waals surface area contributed by atoms with Crippen LogP contribution in [0.1, 0.15) is 79.8 Å². The predicted octanol–water partition coefficient (Wildman–Crippen LogP) is 1.76. The summed E-state index contributed by atoms with van der Waals surface area (Å²) in [6, 6.07) is 6.48. The fourth-order valence-corrected chi connectivity index (χ4v) is 9.69. The van der Waals surface area contributed by atoms with Gasteiger partial charge in [0.25, 0.3) is 0 Å². The van der Waals surface area contributed by atoms with E-state index in [0.29, 0.717) is 11.8 Å². The van der Waals surface area contributed by atoms with Gasteiger partial charge in [-0.2, -0.15) is 0 Å². The first kappa shape index (κ1) is 45.0. The maximum Gasteiger partial charge on any atom is 0.408 e. The molecule has 17 nitrogen and oxygen atoms in total. The third-order valence-corrected chi connectivity index (χ3v) is 12.9. The number of amides is 1. The number of aliphatic hydroxyl groups is 4. The van der Waals surface area contributed by atoms with Gasteiger partial charge in [-0.25, -0.2) is 9.59 Å². The third kappa shape index (κ3) is 7.98. The first-order valence-corrected chi connectivity index (χ1v) is 20.0. The zero-order valence-corrected chi connectivity index (χ0v) is 34.5. The van der Waals surface area contributed by atoms with Crippen LogP contribution in [-0.2, 0) is 47.7 Å². The van der Waals surface area contributed by atoms with E-state index in [2.05, 4.69) is 5.32 Å². The summed E-state index contributed by atoms with van der Waals surface area (Å²) in [6.07, 6.45) is -11.7. The Hall–Kier alpha value is -4.07. The molecule has 58 heavy (non-hydrogen) atoms. The van der Waals surface area contributed by atoms with Gasteiger partial charge < -0.3 is 54.5 Å². The number of carboxylic acid groups (broad SMARTS) is 1. The van der Waals surface area contributed by atoms with E-state index in [1.165, 1.54) is 39.8 Å². The molecule has 1 aromatic carbocycles. The number of aliphatic carboxylic acids is 1. The molecule has 18 heteroatoms. The molecule has 0 radical (unpaired) electrons. The number of ketones is 1. The van der Waals surface area contributed by atoms with Crippen LogP contribution < -0.4 is 5.32 Å². The van der Waals surface area contributed by atoms with E-state index in [0.717, 1.165) is 6.92 Å². The predicted molar refractivity (Wildman–Crippen MR) is 203 cm³/mol. The van der Waals surface area contributed by atoms with Gasteiger partial charge in [-0.15, -0.1) is 11.8 Å². The number of carbonyl (C=O) groups is 6. The lowest BCUT2D eigenvalue weighted by Gasteiger charge is -2.67. The smallest absolute Gasteiger partial charge is 0.408 e. The van der Waals surface area contributed by atoms with Crippen LogP contribution in [0.2, 0.25) is 0 Å². The lowest BCUT2D eigenvalue weighted by molar-refractivity contribution is -0.346. The molecule has 4 aliphatic rings. The van der Waals surface area contributed by atoms with E-state index in [-0.39, 0.29) is 29.7 Å². The van der Waals surface area contributed by atoms with Crippen LogP contribution in [0.25, 0.3) is 0 Å². The van der Waals surface area contributed by atoms with E-state index >= 15 is 0 Å². The SMILES string of the molecule is CC(=O)O[C@@]12CO[C@@H]1C[C@H](O)[C@@]1(C)C(=O)[C@H](O)C3=C(C)[C@@H](OC(=O)[C@H](OC(=O)CSCC(=O)O)[C@@H](NC(=O)OC(C)(C)C)c4ccccc4)C[C@@](O)([C@@H](O)[C@H]21)C3(C)C. The number of carboxylic acids is 1. The van der Waals surface area contributed by atoms with Gasteiger partial charge in [0.05, 0.1) is 35.7 Å². The Labute approximate surface area is 339 Å². The highest BCUT2D eigenvalue weighted by Gasteiger charge is 2.76. The van der Waals surface area contributed by atoms with E-state index in [4.69, 9.17) is 28.8 Å². The van der Waals surface area contributed by atoms with Crippen molar-refractivity contribution in [1.29, 1.82) is 0 Å². The van der Waals surface area contributed by atoms with Crippen LogP contribution in [0.15, 0.2) is 41.5 Å². The largest absolute Gasteiger partial charge is 0.481 e. The van der Waals surface area contributed by atoms with Crippen molar-refractivity contribution < 1.29 is 78.0 Å². The van der Waals surface area contributed by atoms with Crippen molar-refractivity contribution in [2.45, 2.75) is 128 Å². The van der Waals surface area contributed by atoms with Gasteiger partial charge >= 0.3 is 30.0 Å². The quantitative estimate of drug-likeness (QED) is 0.105. The molecule has 6 N–H and O–H groups in total. The van der Waals surface area contributed by atoms with Crippen molar-refractivity contribution in [3.8, 4) is 0 Å². The van der Waals surface area contributed by atoms with Crippen LogP contribution in [0.4, 0.5) is 4.79 Å². The number of nitrogens with one attached hydrogen (secondary N) is 1. The van der Waals surface area contributed by atoms with Crippen molar-refractivity contribution in [1.82, 2.24) is 5.32 Å². The van der Waals surface area contributed by atoms with E-state index in [1.807, 2.05) is 0 Å². The molecule has 1 aromatic rings. The van der Waals surface area contributed by atoms with Crippen molar-refractivity contribution in [3.05, 3.63) is 47.0 Å². The molecule has 11 atom stereocenters. The molecule has 1 aliphatic heterocycles. The molecule has 1 heterocycles. The normalized spacial score (nSPS) is 33.7. The number of hydrogen-bond donors (Lipinski definition) is 6. The van der Waals surface area contributed by atoms with Gasteiger partial charge in [-0.05, 0) is 51.3 Å². The number of hydrogen-bond acceptors (Lipinski definition) is 16. The Morgan fingerprint density at radius 3 is 2.22 bits per heavy atom. The number of alkyl carbamates (subject to hydrolysis) is 1. The number of ether oxygens (including phenoxy) is 5. The summed E-state index contributed by atoms with van der Waals surface area (Å²) in [6.45, 7) is 11.5. The fourth-order valence-electron chi connectivity index (χ4n) is 9.18. The molecule has 3 fully saturated rings. The van der Waals surface area contributed by atoms with Crippen LogP contribution in [0.5, 0.6) is 0 Å². The summed E-state index contributed by atoms with van der Waals surface area (Å²) in [4.78, 5) is 79.2. The van der Waals surface area contributed by atoms with Crippen molar-refractivity contribution >= 4 is 47.5 Å². The van der Waals surface area contributed by atoms with E-state index in [9.17, 15) is 49.2 Å². The molecule has 2 bridgehead atoms. The number of thioether (sulfide) groups is 1. The van der Waals surface area contributed by atoms with Crippen LogP contribution in [-0.4, -0.2) is 133 Å². The first-order chi connectivity index (χ1) is 26.8. The molecule has 3 aliphatic carbocycles. The van der Waals surface area contributed by atoms with Gasteiger partial charge in [0.15, 0.2) is 11.4 Å². The zero-order chi connectivity index (χ0) is 43.3. The summed E-state index contributed by atoms with van der Waals surface area (Å²) < 4.78 is 28.6. The molecule has 0 spiro atoms. The Balaban J connectivity index is 1.61. The average molecular weight is 836 g/mol. The number of esters is 3. The Kier molecular flexibility index (Phi) is 12.6. The molecule has 0 unspecified atom stereocenters. The van der Waals surface area contributed by atoms with E-state index in [1.54, 1.807) is 39.0 Å². The fraction of sp³-hybridized carbons (Fsp3) is 0.650. The van der Waals surface area contributed by atoms with Gasteiger partial charge in [0.1, 0.15) is 35.6 Å². The number of fused-ring (bicyclic) bond motifs is 5. The molecular formula is C40H53NO16S. The molecule has 1 saturated heterocycles. The van der Waals surface area contributed by atoms with E-state index < -0.39 is 130 Å². The molecular weight excluding hydrogens is 782 g/mol. The van der Waals surface area contributed by atoms with Crippen LogP contribution in [0.3, 0.4) is 0 Å². The minimum atomic E-state index is -2.38. The van der Waals surface area contributed by atoms with Crippen LogP contribution >= 0.6 is 11.8 Å². The molecule has 320 valence electrons. The third-order valence-electron chi connectivity index (χ3n) is 12.0. The molecule has 5 rings (SSSR count). The molecule has 2 saturated carbocycles. The second kappa shape index (κ2) is 16.2. The topological polar surface area (TPSA) is 262 Å². The highest BCUT2D eigenvalue weighted by molar-refractivity contribution is 8.00. The Morgan fingerprint density at radius 1 is 1.03 bits per heavy atom.